The number of ether oxygens (including phenoxy) is 1. The number of esters is 1. The smallest absolute Gasteiger partial charge is 0.306 e. The molecule has 0 spiro atoms. The number of unbranched alkanes of at least 4 members (excludes halogenated alkanes) is 59. The second-order valence-electron chi connectivity index (χ2n) is 29.6. The summed E-state index contributed by atoms with van der Waals surface area (Å²) in [6, 6.07) is -0.884. The predicted molar refractivity (Wildman–Crippen MR) is 400 cm³/mol. The number of phosphoric ester groups is 1. The van der Waals surface area contributed by atoms with Crippen LogP contribution in [0.2, 0.25) is 0 Å². The molecule has 0 aromatic carbocycles. The van der Waals surface area contributed by atoms with Gasteiger partial charge in [-0.2, -0.15) is 0 Å². The third-order valence-electron chi connectivity index (χ3n) is 19.1. The summed E-state index contributed by atoms with van der Waals surface area (Å²) in [5.41, 5.74) is 0. The fourth-order valence-electron chi connectivity index (χ4n) is 12.8. The van der Waals surface area contributed by atoms with Crippen molar-refractivity contribution >= 4 is 19.7 Å². The molecule has 0 heterocycles. The highest BCUT2D eigenvalue weighted by Crippen LogP contribution is 2.38. The fraction of sp³-hybridized carbons (Fsp3) is 0.927. The van der Waals surface area contributed by atoms with E-state index in [2.05, 4.69) is 38.2 Å². The molecule has 1 amide bonds. The van der Waals surface area contributed by atoms with Crippen LogP contribution in [0.25, 0.3) is 0 Å². The Morgan fingerprint density at radius 2 is 0.630 bits per heavy atom. The fourth-order valence-corrected chi connectivity index (χ4v) is 13.5. The molecule has 92 heavy (non-hydrogen) atoms. The van der Waals surface area contributed by atoms with Crippen molar-refractivity contribution in [3.63, 3.8) is 0 Å². The quantitative estimate of drug-likeness (QED) is 0.0212. The number of likely N-dealkylation sites (N-methyl/N-ethyl adjacent to an activating group) is 1. The molecule has 10 heteroatoms. The van der Waals surface area contributed by atoms with Crippen LogP contribution in [0.3, 0.4) is 0 Å². The molecule has 3 atom stereocenters. The molecule has 0 aliphatic heterocycles. The van der Waals surface area contributed by atoms with Gasteiger partial charge in [0.25, 0.3) is 7.82 Å². The molecule has 0 saturated carbocycles. The van der Waals surface area contributed by atoms with Crippen molar-refractivity contribution < 1.29 is 37.3 Å². The molecule has 546 valence electrons. The number of carbonyl (C=O) groups excluding carboxylic acids is 2. The summed E-state index contributed by atoms with van der Waals surface area (Å²) in [5, 5.41) is 3.06. The van der Waals surface area contributed by atoms with Gasteiger partial charge in [-0.25, -0.2) is 0 Å². The van der Waals surface area contributed by atoms with Crippen LogP contribution in [-0.4, -0.2) is 69.4 Å². The molecular formula is C82H161N2O7P. The Morgan fingerprint density at radius 3 is 0.924 bits per heavy atom. The number of phosphoric acid groups is 1. The molecular weight excluding hydrogens is 1160 g/mol. The van der Waals surface area contributed by atoms with Crippen LogP contribution < -0.4 is 10.2 Å². The SMILES string of the molecule is CCCCCCCC/C=C/CCCCCCCCCCCCCCCCCCCC(=O)NC(COP(=O)([O-])OCC[N+](C)(C)C)C(/C=C/CCCCCCCCCCCC)OC(=O)CCCCCCCCCCCCCCCCCCCCCCCCCCCCC. The van der Waals surface area contributed by atoms with Crippen molar-refractivity contribution in [1.82, 2.24) is 5.32 Å². The second kappa shape index (κ2) is 72.2. The summed E-state index contributed by atoms with van der Waals surface area (Å²) in [6.45, 7) is 6.93. The molecule has 0 bridgehead atoms. The number of nitrogens with one attached hydrogen (secondary N) is 1. The Balaban J connectivity index is 4.84. The number of hydrogen-bond donors (Lipinski definition) is 1. The first-order valence-corrected chi connectivity index (χ1v) is 42.6. The highest BCUT2D eigenvalue weighted by Gasteiger charge is 2.27. The molecule has 0 aliphatic rings. The molecule has 0 aromatic heterocycles. The van der Waals surface area contributed by atoms with Gasteiger partial charge < -0.3 is 28.5 Å². The number of amides is 1. The van der Waals surface area contributed by atoms with Gasteiger partial charge in [0.05, 0.1) is 33.8 Å². The summed E-state index contributed by atoms with van der Waals surface area (Å²) >= 11 is 0. The predicted octanol–water partition coefficient (Wildman–Crippen LogP) is 26.1. The summed E-state index contributed by atoms with van der Waals surface area (Å²) < 4.78 is 30.6. The summed E-state index contributed by atoms with van der Waals surface area (Å²) in [6.07, 6.45) is 90.6. The van der Waals surface area contributed by atoms with Crippen molar-refractivity contribution in [3.05, 3.63) is 24.3 Å². The lowest BCUT2D eigenvalue weighted by Gasteiger charge is -2.30. The van der Waals surface area contributed by atoms with Crippen molar-refractivity contribution in [2.75, 3.05) is 40.9 Å². The van der Waals surface area contributed by atoms with E-state index in [-0.39, 0.29) is 31.5 Å². The van der Waals surface area contributed by atoms with Gasteiger partial charge in [0.2, 0.25) is 5.91 Å². The average Bonchev–Trinajstić information content (AvgIpc) is 3.69. The number of carbonyl (C=O) groups is 2. The minimum Gasteiger partial charge on any atom is -0.756 e. The van der Waals surface area contributed by atoms with Gasteiger partial charge in [-0.3, -0.25) is 14.2 Å². The molecule has 0 saturated heterocycles. The van der Waals surface area contributed by atoms with E-state index >= 15 is 0 Å². The number of rotatable bonds is 77. The van der Waals surface area contributed by atoms with E-state index in [4.69, 9.17) is 13.8 Å². The molecule has 0 aliphatic carbocycles. The Kier molecular flexibility index (Phi) is 71.1. The van der Waals surface area contributed by atoms with E-state index < -0.39 is 20.0 Å². The Hall–Kier alpha value is -1.51. The highest BCUT2D eigenvalue weighted by molar-refractivity contribution is 7.45. The van der Waals surface area contributed by atoms with Crippen LogP contribution in [0.5, 0.6) is 0 Å². The van der Waals surface area contributed by atoms with Gasteiger partial charge in [-0.05, 0) is 57.4 Å². The molecule has 0 rings (SSSR count). The van der Waals surface area contributed by atoms with Gasteiger partial charge in [-0.15, -0.1) is 0 Å². The van der Waals surface area contributed by atoms with Crippen molar-refractivity contribution in [2.45, 2.75) is 450 Å². The number of hydrogen-bond acceptors (Lipinski definition) is 7. The van der Waals surface area contributed by atoms with Crippen molar-refractivity contribution in [1.29, 1.82) is 0 Å². The molecule has 0 fully saturated rings. The van der Waals surface area contributed by atoms with Crippen molar-refractivity contribution in [3.8, 4) is 0 Å². The van der Waals surface area contributed by atoms with E-state index in [1.807, 2.05) is 33.3 Å². The normalized spacial score (nSPS) is 13.4. The molecule has 1 N–H and O–H groups in total. The lowest BCUT2D eigenvalue weighted by molar-refractivity contribution is -0.870. The zero-order valence-electron chi connectivity index (χ0n) is 62.8. The monoisotopic (exact) mass is 1320 g/mol. The topological polar surface area (TPSA) is 114 Å². The summed E-state index contributed by atoms with van der Waals surface area (Å²) in [7, 11) is 1.21. The maximum absolute atomic E-state index is 13.7. The maximum Gasteiger partial charge on any atom is 0.306 e. The molecule has 9 nitrogen and oxygen atoms in total. The molecule has 3 unspecified atom stereocenters. The Morgan fingerprint density at radius 1 is 0.370 bits per heavy atom. The third kappa shape index (κ3) is 72.8. The minimum absolute atomic E-state index is 0.0173. The van der Waals surface area contributed by atoms with Crippen LogP contribution in [0.1, 0.15) is 438 Å². The van der Waals surface area contributed by atoms with Gasteiger partial charge in [-0.1, -0.05) is 392 Å². The molecule has 0 radical (unpaired) electrons. The Bertz CT molecular complexity index is 1620. The van der Waals surface area contributed by atoms with E-state index in [0.717, 1.165) is 57.8 Å². The summed E-state index contributed by atoms with van der Waals surface area (Å²) in [5.74, 6) is -0.511. The van der Waals surface area contributed by atoms with Gasteiger partial charge in [0.1, 0.15) is 19.3 Å². The first kappa shape index (κ1) is 90.5. The molecule has 0 aromatic rings. The lowest BCUT2D eigenvalue weighted by atomic mass is 10.0. The van der Waals surface area contributed by atoms with Crippen LogP contribution >= 0.6 is 7.82 Å². The van der Waals surface area contributed by atoms with E-state index in [1.165, 1.54) is 347 Å². The number of nitrogens with zero attached hydrogens (tertiary/aromatic N) is 1. The van der Waals surface area contributed by atoms with Crippen LogP contribution in [0.15, 0.2) is 24.3 Å². The van der Waals surface area contributed by atoms with Crippen LogP contribution in [-0.2, 0) is 27.9 Å². The zero-order valence-corrected chi connectivity index (χ0v) is 63.7. The zero-order chi connectivity index (χ0) is 67.0. The van der Waals surface area contributed by atoms with Crippen LogP contribution in [0.4, 0.5) is 0 Å². The maximum atomic E-state index is 13.7. The Labute approximate surface area is 574 Å². The standard InChI is InChI=1S/C82H161N2O7P/c1-7-10-13-16-19-22-25-28-30-32-34-36-38-40-42-44-46-48-50-52-54-56-59-62-65-68-71-74-81(85)83-79(78-90-92(87,88)89-77-76-84(4,5)6)80(73-70-67-64-61-58-27-24-21-18-15-12-9-3)91-82(86)75-72-69-66-63-60-57-55-53-51-49-47-45-43-41-39-37-35-33-31-29-26-23-20-17-14-11-8-2/h28,30,70,73,79-80H,7-27,29,31-69,71-72,74-78H2,1-6H3,(H-,83,85,87,88)/b30-28+,73-70+. The number of quaternary nitrogens is 1. The van der Waals surface area contributed by atoms with Crippen molar-refractivity contribution in [2.24, 2.45) is 0 Å². The van der Waals surface area contributed by atoms with Gasteiger partial charge in [0, 0.05) is 12.8 Å². The first-order chi connectivity index (χ1) is 44.9. The van der Waals surface area contributed by atoms with E-state index in [9.17, 15) is 19.0 Å². The summed E-state index contributed by atoms with van der Waals surface area (Å²) in [4.78, 5) is 40.3. The minimum atomic E-state index is -4.70. The highest BCUT2D eigenvalue weighted by atomic mass is 31.2. The van der Waals surface area contributed by atoms with E-state index in [1.54, 1.807) is 0 Å². The first-order valence-electron chi connectivity index (χ1n) is 41.1. The second-order valence-corrected chi connectivity index (χ2v) is 31.0. The van der Waals surface area contributed by atoms with Crippen LogP contribution in [0, 0.1) is 0 Å². The average molecular weight is 1320 g/mol. The van der Waals surface area contributed by atoms with E-state index in [0.29, 0.717) is 17.4 Å². The largest absolute Gasteiger partial charge is 0.756 e. The van der Waals surface area contributed by atoms with Gasteiger partial charge in [0.15, 0.2) is 0 Å². The van der Waals surface area contributed by atoms with Gasteiger partial charge >= 0.3 is 5.97 Å². The third-order valence-corrected chi connectivity index (χ3v) is 20.1. The lowest BCUT2D eigenvalue weighted by Crippen LogP contribution is -2.47. The number of allylic oxidation sites excluding steroid dienone is 3.